The lowest BCUT2D eigenvalue weighted by molar-refractivity contribution is -0.139. The number of carbonyl (C=O) groups is 3. The number of benzene rings is 2. The Balaban J connectivity index is 1.37. The average Bonchev–Trinajstić information content (AvgIpc) is 3.48. The highest BCUT2D eigenvalue weighted by Crippen LogP contribution is 2.29. The highest BCUT2D eigenvalue weighted by atomic mass is 32.2. The maximum Gasteiger partial charge on any atom is 0.338 e. The maximum absolute atomic E-state index is 13.0. The van der Waals surface area contributed by atoms with Crippen molar-refractivity contribution in [3.63, 3.8) is 0 Å². The molecular weight excluding hydrogens is 470 g/mol. The van der Waals surface area contributed by atoms with Crippen molar-refractivity contribution in [2.75, 3.05) is 18.1 Å². The van der Waals surface area contributed by atoms with Gasteiger partial charge >= 0.3 is 11.9 Å². The number of amides is 1. The van der Waals surface area contributed by atoms with E-state index in [-0.39, 0.29) is 29.5 Å². The molecular formula is C26H29NO7S. The van der Waals surface area contributed by atoms with Crippen LogP contribution >= 0.6 is 0 Å². The van der Waals surface area contributed by atoms with Crippen LogP contribution in [0.4, 0.5) is 0 Å². The molecule has 1 atom stereocenters. The molecule has 35 heavy (non-hydrogen) atoms. The van der Waals surface area contributed by atoms with E-state index in [0.717, 1.165) is 36.8 Å². The predicted octanol–water partition coefficient (Wildman–Crippen LogP) is 3.39. The topological polar surface area (TPSA) is 107 Å². The third-order valence-electron chi connectivity index (χ3n) is 6.50. The quantitative estimate of drug-likeness (QED) is 0.424. The summed E-state index contributed by atoms with van der Waals surface area (Å²) in [6.45, 7) is 0.927. The van der Waals surface area contributed by atoms with Crippen molar-refractivity contribution in [1.82, 2.24) is 4.90 Å². The van der Waals surface area contributed by atoms with E-state index in [9.17, 15) is 22.8 Å². The predicted molar refractivity (Wildman–Crippen MR) is 130 cm³/mol. The molecule has 8 nitrogen and oxygen atoms in total. The minimum atomic E-state index is -3.14. The third-order valence-corrected chi connectivity index (χ3v) is 8.25. The Morgan fingerprint density at radius 3 is 2.03 bits per heavy atom. The van der Waals surface area contributed by atoms with Crippen LogP contribution in [0, 0.1) is 0 Å². The summed E-state index contributed by atoms with van der Waals surface area (Å²) in [5, 5.41) is 0. The monoisotopic (exact) mass is 499 g/mol. The van der Waals surface area contributed by atoms with Crippen molar-refractivity contribution in [3.8, 4) is 16.9 Å². The lowest BCUT2D eigenvalue weighted by atomic mass is 10.0. The number of ether oxygens (including phenoxy) is 2. The fourth-order valence-electron chi connectivity index (χ4n) is 4.85. The first-order valence-electron chi connectivity index (χ1n) is 11.8. The van der Waals surface area contributed by atoms with Crippen molar-refractivity contribution in [2.45, 2.75) is 51.1 Å². The summed E-state index contributed by atoms with van der Waals surface area (Å²) in [6, 6.07) is 13.5. The molecule has 0 spiro atoms. The fourth-order valence-corrected chi connectivity index (χ4v) is 6.56. The van der Waals surface area contributed by atoms with Crippen molar-refractivity contribution in [1.29, 1.82) is 0 Å². The van der Waals surface area contributed by atoms with E-state index < -0.39 is 28.4 Å². The molecule has 1 amide bonds. The summed E-state index contributed by atoms with van der Waals surface area (Å²) < 4.78 is 34.3. The lowest BCUT2D eigenvalue weighted by Crippen LogP contribution is -2.48. The van der Waals surface area contributed by atoms with Crippen LogP contribution in [0.1, 0.15) is 49.4 Å². The normalized spacial score (nSPS) is 19.3. The first-order valence-corrected chi connectivity index (χ1v) is 13.6. The molecule has 1 saturated carbocycles. The number of hydrogen-bond acceptors (Lipinski definition) is 7. The van der Waals surface area contributed by atoms with Gasteiger partial charge in [0.15, 0.2) is 16.4 Å². The second kappa shape index (κ2) is 10.6. The van der Waals surface area contributed by atoms with Gasteiger partial charge in [0.1, 0.15) is 5.75 Å². The standard InChI is InChI=1S/C26H29NO7S/c1-18(28)34-24-12-10-20(11-13-24)19-6-8-21(9-7-19)26(30)33-16-25(29)27(22-4-2-3-5-22)23-14-15-35(31,32)17-23/h6-13,22-23H,2-5,14-17H2,1H3. The molecule has 186 valence electrons. The van der Waals surface area contributed by atoms with Crippen LogP contribution in [-0.4, -0.2) is 61.4 Å². The molecule has 1 unspecified atom stereocenters. The van der Waals surface area contributed by atoms with Crippen LogP contribution in [0.2, 0.25) is 0 Å². The van der Waals surface area contributed by atoms with Gasteiger partial charge in [-0.15, -0.1) is 0 Å². The Morgan fingerprint density at radius 2 is 1.49 bits per heavy atom. The van der Waals surface area contributed by atoms with Gasteiger partial charge in [0.2, 0.25) is 0 Å². The summed E-state index contributed by atoms with van der Waals surface area (Å²) in [5.74, 6) is -0.816. The van der Waals surface area contributed by atoms with Gasteiger partial charge in [0.05, 0.1) is 17.1 Å². The number of sulfone groups is 1. The molecule has 2 aromatic carbocycles. The van der Waals surface area contributed by atoms with Gasteiger partial charge in [0.25, 0.3) is 5.91 Å². The molecule has 2 fully saturated rings. The highest BCUT2D eigenvalue weighted by molar-refractivity contribution is 7.91. The Morgan fingerprint density at radius 1 is 0.886 bits per heavy atom. The van der Waals surface area contributed by atoms with E-state index in [1.54, 1.807) is 41.3 Å². The van der Waals surface area contributed by atoms with Crippen LogP contribution < -0.4 is 4.74 Å². The van der Waals surface area contributed by atoms with Gasteiger partial charge in [-0.3, -0.25) is 9.59 Å². The first-order chi connectivity index (χ1) is 16.7. The SMILES string of the molecule is CC(=O)Oc1ccc(-c2ccc(C(=O)OCC(=O)N(C3CCCC3)C3CCS(=O)(=O)C3)cc2)cc1. The fraction of sp³-hybridized carbons (Fsp3) is 0.423. The minimum Gasteiger partial charge on any atom is -0.452 e. The highest BCUT2D eigenvalue weighted by Gasteiger charge is 2.39. The largest absolute Gasteiger partial charge is 0.452 e. The zero-order chi connectivity index (χ0) is 25.0. The Kier molecular flexibility index (Phi) is 7.54. The minimum absolute atomic E-state index is 0.00557. The third kappa shape index (κ3) is 6.28. The molecule has 0 N–H and O–H groups in total. The second-order valence-corrected chi connectivity index (χ2v) is 11.3. The van der Waals surface area contributed by atoms with Gasteiger partial charge in [-0.1, -0.05) is 37.1 Å². The zero-order valence-electron chi connectivity index (χ0n) is 19.6. The summed E-state index contributed by atoms with van der Waals surface area (Å²) >= 11 is 0. The molecule has 1 heterocycles. The number of esters is 2. The van der Waals surface area contributed by atoms with Crippen molar-refractivity contribution in [3.05, 3.63) is 54.1 Å². The van der Waals surface area contributed by atoms with Crippen LogP contribution in [0.3, 0.4) is 0 Å². The molecule has 0 radical (unpaired) electrons. The Bertz CT molecular complexity index is 1180. The van der Waals surface area contributed by atoms with Crippen molar-refractivity contribution in [2.24, 2.45) is 0 Å². The molecule has 1 saturated heterocycles. The first kappa shape index (κ1) is 24.9. The molecule has 9 heteroatoms. The molecule has 2 aromatic rings. The number of carbonyl (C=O) groups excluding carboxylic acids is 3. The van der Waals surface area contributed by atoms with E-state index in [1.807, 2.05) is 12.1 Å². The second-order valence-electron chi connectivity index (χ2n) is 9.07. The number of rotatable bonds is 7. The molecule has 2 aliphatic rings. The summed E-state index contributed by atoms with van der Waals surface area (Å²) in [5.41, 5.74) is 2.06. The lowest BCUT2D eigenvalue weighted by Gasteiger charge is -2.33. The van der Waals surface area contributed by atoms with E-state index in [0.29, 0.717) is 17.7 Å². The summed E-state index contributed by atoms with van der Waals surface area (Å²) in [6.07, 6.45) is 4.14. The maximum atomic E-state index is 13.0. The average molecular weight is 500 g/mol. The molecule has 0 aromatic heterocycles. The number of hydrogen-bond donors (Lipinski definition) is 0. The molecule has 0 bridgehead atoms. The van der Waals surface area contributed by atoms with Crippen LogP contribution in [0.5, 0.6) is 5.75 Å². The van der Waals surface area contributed by atoms with Gasteiger partial charge in [-0.2, -0.15) is 0 Å². The van der Waals surface area contributed by atoms with Gasteiger partial charge in [-0.25, -0.2) is 13.2 Å². The van der Waals surface area contributed by atoms with E-state index >= 15 is 0 Å². The number of nitrogens with zero attached hydrogens (tertiary/aromatic N) is 1. The Hall–Kier alpha value is -3.20. The van der Waals surface area contributed by atoms with Crippen LogP contribution in [0.15, 0.2) is 48.5 Å². The van der Waals surface area contributed by atoms with Gasteiger partial charge in [0, 0.05) is 19.0 Å². The smallest absolute Gasteiger partial charge is 0.338 e. The van der Waals surface area contributed by atoms with E-state index in [1.165, 1.54) is 6.92 Å². The van der Waals surface area contributed by atoms with E-state index in [2.05, 4.69) is 0 Å². The Labute approximate surface area is 205 Å². The zero-order valence-corrected chi connectivity index (χ0v) is 20.5. The summed E-state index contributed by atoms with van der Waals surface area (Å²) in [4.78, 5) is 38.3. The van der Waals surface area contributed by atoms with Gasteiger partial charge < -0.3 is 14.4 Å². The van der Waals surface area contributed by atoms with Crippen molar-refractivity contribution >= 4 is 27.7 Å². The van der Waals surface area contributed by atoms with Crippen LogP contribution in [0.25, 0.3) is 11.1 Å². The van der Waals surface area contributed by atoms with Gasteiger partial charge in [-0.05, 0) is 54.7 Å². The summed E-state index contributed by atoms with van der Waals surface area (Å²) in [7, 11) is -3.14. The van der Waals surface area contributed by atoms with Crippen LogP contribution in [-0.2, 0) is 24.2 Å². The molecule has 1 aliphatic carbocycles. The van der Waals surface area contributed by atoms with Crippen molar-refractivity contribution < 1.29 is 32.3 Å². The molecule has 1 aliphatic heterocycles. The van der Waals surface area contributed by atoms with E-state index in [4.69, 9.17) is 9.47 Å². The molecule has 4 rings (SSSR count).